The van der Waals surface area contributed by atoms with Crippen molar-refractivity contribution >= 4 is 23.1 Å². The number of aliphatic imine (C=N–C) groups is 1. The monoisotopic (exact) mass is 424 g/mol. The predicted octanol–water partition coefficient (Wildman–Crippen LogP) is 6.25. The summed E-state index contributed by atoms with van der Waals surface area (Å²) >= 11 is 0. The molecule has 4 heteroatoms. The van der Waals surface area contributed by atoms with Crippen LogP contribution >= 0.6 is 0 Å². The number of hydrogen-bond donors (Lipinski definition) is 1. The second kappa shape index (κ2) is 9.47. The Morgan fingerprint density at radius 3 is 2.66 bits per heavy atom. The van der Waals surface area contributed by atoms with E-state index in [0.29, 0.717) is 11.6 Å². The molecular weight excluding hydrogens is 392 g/mol. The summed E-state index contributed by atoms with van der Waals surface area (Å²) in [6.07, 6.45) is 12.6. The fourth-order valence-electron chi connectivity index (χ4n) is 4.25. The molecule has 0 amide bonds. The molecule has 1 fully saturated rings. The second-order valence-electron chi connectivity index (χ2n) is 9.05. The van der Waals surface area contributed by atoms with Crippen LogP contribution in [0, 0.1) is 11.3 Å². The van der Waals surface area contributed by atoms with Gasteiger partial charge in [-0.15, -0.1) is 0 Å². The number of allylic oxidation sites excluding steroid dienone is 3. The van der Waals surface area contributed by atoms with Gasteiger partial charge in [0.05, 0.1) is 23.1 Å². The third-order valence-corrected chi connectivity index (χ3v) is 6.19. The van der Waals surface area contributed by atoms with Gasteiger partial charge in [-0.05, 0) is 54.2 Å². The summed E-state index contributed by atoms with van der Waals surface area (Å²) in [7, 11) is 4.02. The molecular formula is C28H32N4. The largest absolute Gasteiger partial charge is 0.383 e. The maximum Gasteiger partial charge on any atom is 0.0923 e. The Hall–Kier alpha value is -3.27. The molecule has 4 nitrogen and oxygen atoms in total. The maximum atomic E-state index is 8.87. The van der Waals surface area contributed by atoms with E-state index in [9.17, 15) is 0 Å². The summed E-state index contributed by atoms with van der Waals surface area (Å²) in [5, 5.41) is 8.87. The van der Waals surface area contributed by atoms with E-state index in [-0.39, 0.29) is 6.04 Å². The fraction of sp³-hybridized carbons (Fsp3) is 0.321. The highest BCUT2D eigenvalue weighted by molar-refractivity contribution is 6.16. The molecule has 32 heavy (non-hydrogen) atoms. The second-order valence-corrected chi connectivity index (χ2v) is 9.05. The molecule has 1 atom stereocenters. The molecule has 0 bridgehead atoms. The Labute approximate surface area is 191 Å². The van der Waals surface area contributed by atoms with Crippen molar-refractivity contribution in [2.24, 2.45) is 10.9 Å². The van der Waals surface area contributed by atoms with Crippen LogP contribution in [-0.2, 0) is 0 Å². The number of nitrogens with one attached hydrogen (secondary N) is 1. The van der Waals surface area contributed by atoms with Crippen LogP contribution in [0.2, 0.25) is 0 Å². The van der Waals surface area contributed by atoms with E-state index in [1.54, 1.807) is 0 Å². The molecule has 1 saturated carbocycles. The van der Waals surface area contributed by atoms with Gasteiger partial charge in [0.15, 0.2) is 0 Å². The average Bonchev–Trinajstić information content (AvgIpc) is 3.20. The molecule has 2 heterocycles. The summed E-state index contributed by atoms with van der Waals surface area (Å²) in [5.74, 6) is 0.626. The quantitative estimate of drug-likeness (QED) is 0.402. The van der Waals surface area contributed by atoms with Crippen molar-refractivity contribution in [3.8, 4) is 11.3 Å². The van der Waals surface area contributed by atoms with Crippen LogP contribution in [-0.4, -0.2) is 41.9 Å². The van der Waals surface area contributed by atoms with Crippen LogP contribution in [0.25, 0.3) is 22.4 Å². The van der Waals surface area contributed by atoms with Crippen LogP contribution in [0.1, 0.15) is 49.4 Å². The molecule has 1 aliphatic heterocycles. The summed E-state index contributed by atoms with van der Waals surface area (Å²) in [6, 6.07) is 12.7. The molecule has 2 aromatic rings. The lowest BCUT2D eigenvalue weighted by molar-refractivity contribution is 0.326. The maximum absolute atomic E-state index is 8.87. The fourth-order valence-corrected chi connectivity index (χ4v) is 4.25. The van der Waals surface area contributed by atoms with E-state index in [0.717, 1.165) is 45.6 Å². The topological polar surface area (TPSA) is 52.3 Å². The summed E-state index contributed by atoms with van der Waals surface area (Å²) < 4.78 is 0. The van der Waals surface area contributed by atoms with Gasteiger partial charge < -0.3 is 10.3 Å². The molecule has 0 radical (unpaired) electrons. The van der Waals surface area contributed by atoms with Crippen molar-refractivity contribution in [2.75, 3.05) is 14.1 Å². The standard InChI is InChI=1S/C28H32N4/c1-5-21(18-32(3)4)22-10-7-11-23(16-22)27-13-12-25(24-14-19(2)30-17-24)28(31-27)26(29)15-20-8-6-9-20/h5,7,10-14,16-20,29H,1,6,8-9,15H2,2-4H3/b21-18+,29-26?. The normalized spacial score (nSPS) is 18.3. The third kappa shape index (κ3) is 4.80. The van der Waals surface area contributed by atoms with Gasteiger partial charge in [0.25, 0.3) is 0 Å². The number of rotatable bonds is 8. The Balaban J connectivity index is 1.74. The number of benzene rings is 1. The first-order chi connectivity index (χ1) is 15.4. The van der Waals surface area contributed by atoms with Crippen LogP contribution in [0.4, 0.5) is 0 Å². The third-order valence-electron chi connectivity index (χ3n) is 6.19. The van der Waals surface area contributed by atoms with Crippen LogP contribution < -0.4 is 0 Å². The van der Waals surface area contributed by atoms with E-state index in [1.807, 2.05) is 31.3 Å². The van der Waals surface area contributed by atoms with Crippen molar-refractivity contribution in [1.82, 2.24) is 9.88 Å². The van der Waals surface area contributed by atoms with Crippen molar-refractivity contribution in [2.45, 2.75) is 38.6 Å². The smallest absolute Gasteiger partial charge is 0.0923 e. The molecule has 4 rings (SSSR count). The first-order valence-corrected chi connectivity index (χ1v) is 11.4. The predicted molar refractivity (Wildman–Crippen MR) is 136 cm³/mol. The van der Waals surface area contributed by atoms with E-state index in [1.165, 1.54) is 19.3 Å². The first kappa shape index (κ1) is 21.9. The van der Waals surface area contributed by atoms with Crippen LogP contribution in [0.3, 0.4) is 0 Å². The molecule has 0 spiro atoms. The Bertz CT molecular complexity index is 1120. The lowest BCUT2D eigenvalue weighted by Gasteiger charge is -2.25. The minimum Gasteiger partial charge on any atom is -0.383 e. The summed E-state index contributed by atoms with van der Waals surface area (Å²) in [5.41, 5.74) is 7.61. The Morgan fingerprint density at radius 1 is 1.22 bits per heavy atom. The van der Waals surface area contributed by atoms with E-state index >= 15 is 0 Å². The van der Waals surface area contributed by atoms with Gasteiger partial charge in [-0.25, -0.2) is 4.98 Å². The Morgan fingerprint density at radius 2 is 2.03 bits per heavy atom. The molecule has 1 N–H and O–H groups in total. The lowest BCUT2D eigenvalue weighted by atomic mass is 9.80. The molecule has 1 aliphatic carbocycles. The highest BCUT2D eigenvalue weighted by Gasteiger charge is 2.23. The van der Waals surface area contributed by atoms with E-state index < -0.39 is 0 Å². The average molecular weight is 425 g/mol. The minimum atomic E-state index is 0.177. The number of nitrogens with zero attached hydrogens (tertiary/aromatic N) is 3. The molecule has 0 saturated heterocycles. The van der Waals surface area contributed by atoms with Crippen molar-refractivity contribution in [3.63, 3.8) is 0 Å². The zero-order chi connectivity index (χ0) is 22.7. The number of pyridine rings is 1. The molecule has 1 aromatic heterocycles. The van der Waals surface area contributed by atoms with Crippen molar-refractivity contribution in [3.05, 3.63) is 78.1 Å². The van der Waals surface area contributed by atoms with Gasteiger partial charge in [-0.3, -0.25) is 4.99 Å². The number of hydrogen-bond acceptors (Lipinski definition) is 4. The Kier molecular flexibility index (Phi) is 6.50. The molecule has 1 unspecified atom stereocenters. The summed E-state index contributed by atoms with van der Waals surface area (Å²) in [4.78, 5) is 11.5. The molecule has 2 aliphatic rings. The van der Waals surface area contributed by atoms with Crippen LogP contribution in [0.5, 0.6) is 0 Å². The van der Waals surface area contributed by atoms with Gasteiger partial charge >= 0.3 is 0 Å². The van der Waals surface area contributed by atoms with Gasteiger partial charge in [0, 0.05) is 37.6 Å². The molecule has 164 valence electrons. The van der Waals surface area contributed by atoms with E-state index in [4.69, 9.17) is 10.4 Å². The highest BCUT2D eigenvalue weighted by atomic mass is 15.0. The van der Waals surface area contributed by atoms with Crippen molar-refractivity contribution < 1.29 is 0 Å². The first-order valence-electron chi connectivity index (χ1n) is 11.4. The zero-order valence-electron chi connectivity index (χ0n) is 19.3. The van der Waals surface area contributed by atoms with Crippen molar-refractivity contribution in [1.29, 1.82) is 5.41 Å². The van der Waals surface area contributed by atoms with Crippen LogP contribution in [0.15, 0.2) is 66.3 Å². The van der Waals surface area contributed by atoms with E-state index in [2.05, 4.69) is 67.2 Å². The van der Waals surface area contributed by atoms with Gasteiger partial charge in [0.2, 0.25) is 0 Å². The SMILES string of the molecule is C=C/C(=C\N(C)C)c1cccc(-c2ccc(C3=CC(C)N=C3)c(C(=N)CC3CCC3)n2)c1. The molecule has 1 aromatic carbocycles. The number of aromatic nitrogens is 1. The minimum absolute atomic E-state index is 0.177. The van der Waals surface area contributed by atoms with Gasteiger partial charge in [0.1, 0.15) is 0 Å². The highest BCUT2D eigenvalue weighted by Crippen LogP contribution is 2.33. The zero-order valence-corrected chi connectivity index (χ0v) is 19.3. The summed E-state index contributed by atoms with van der Waals surface area (Å²) in [6.45, 7) is 6.05. The lowest BCUT2D eigenvalue weighted by Crippen LogP contribution is -2.18. The van der Waals surface area contributed by atoms with Gasteiger partial charge in [-0.1, -0.05) is 56.2 Å². The van der Waals surface area contributed by atoms with Gasteiger partial charge in [-0.2, -0.15) is 0 Å².